The van der Waals surface area contributed by atoms with E-state index in [1.54, 1.807) is 0 Å². The van der Waals surface area contributed by atoms with E-state index in [2.05, 4.69) is 15.3 Å². The van der Waals surface area contributed by atoms with Crippen LogP contribution in [-0.2, 0) is 17.6 Å². The number of nitrogens with one attached hydrogen (secondary N) is 1. The van der Waals surface area contributed by atoms with Gasteiger partial charge in [-0.1, -0.05) is 0 Å². The Morgan fingerprint density at radius 1 is 1.40 bits per heavy atom. The van der Waals surface area contributed by atoms with Crippen molar-refractivity contribution in [3.8, 4) is 0 Å². The Kier molecular flexibility index (Phi) is 2.80. The Bertz CT molecular complexity index is 378. The van der Waals surface area contributed by atoms with Gasteiger partial charge in [0.1, 0.15) is 12.1 Å². The fourth-order valence-electron chi connectivity index (χ4n) is 1.84. The number of amides is 1. The number of aryl methyl sites for hydroxylation is 1. The Balaban J connectivity index is 2.19. The molecule has 0 radical (unpaired) electrons. The van der Waals surface area contributed by atoms with E-state index in [1.807, 2.05) is 0 Å². The first-order chi connectivity index (χ1) is 7.27. The molecule has 0 spiro atoms. The highest BCUT2D eigenvalue weighted by atomic mass is 16.1. The number of nitrogens with two attached hydrogens (primary N) is 1. The van der Waals surface area contributed by atoms with Crippen molar-refractivity contribution in [3.05, 3.63) is 17.6 Å². The van der Waals surface area contributed by atoms with Gasteiger partial charge in [0.2, 0.25) is 5.91 Å². The summed E-state index contributed by atoms with van der Waals surface area (Å²) < 4.78 is 0. The zero-order valence-electron chi connectivity index (χ0n) is 8.49. The first-order valence-corrected chi connectivity index (χ1v) is 5.12. The van der Waals surface area contributed by atoms with Crippen LogP contribution in [-0.4, -0.2) is 22.4 Å². The van der Waals surface area contributed by atoms with E-state index in [1.165, 1.54) is 12.7 Å². The Labute approximate surface area is 88.1 Å². The molecule has 80 valence electrons. The van der Waals surface area contributed by atoms with Crippen molar-refractivity contribution in [3.63, 3.8) is 0 Å². The molecule has 0 unspecified atom stereocenters. The van der Waals surface area contributed by atoms with Gasteiger partial charge in [-0.2, -0.15) is 0 Å². The standard InChI is InChI=1S/C10H14N4O/c11-9(15)5-12-10-7-3-1-2-4-8(7)13-6-14-10/h6H,1-5H2,(H2,11,15)(H,12,13,14). The second-order valence-corrected chi connectivity index (χ2v) is 3.67. The molecule has 1 aromatic rings. The first-order valence-electron chi connectivity index (χ1n) is 5.12. The molecular weight excluding hydrogens is 192 g/mol. The van der Waals surface area contributed by atoms with Gasteiger partial charge in [-0.05, 0) is 25.7 Å². The van der Waals surface area contributed by atoms with Crippen LogP contribution in [0.4, 0.5) is 5.82 Å². The summed E-state index contributed by atoms with van der Waals surface area (Å²) in [5.41, 5.74) is 7.32. The predicted octanol–water partition coefficient (Wildman–Crippen LogP) is 0.253. The monoisotopic (exact) mass is 206 g/mol. The SMILES string of the molecule is NC(=O)CNc1ncnc2c1CCCC2. The maximum Gasteiger partial charge on any atom is 0.236 e. The summed E-state index contributed by atoms with van der Waals surface area (Å²) in [6, 6.07) is 0. The van der Waals surface area contributed by atoms with Crippen LogP contribution in [0.3, 0.4) is 0 Å². The molecule has 0 saturated carbocycles. The fourth-order valence-corrected chi connectivity index (χ4v) is 1.84. The molecule has 1 aromatic heterocycles. The van der Waals surface area contributed by atoms with E-state index in [0.717, 1.165) is 36.3 Å². The molecule has 0 saturated heterocycles. The summed E-state index contributed by atoms with van der Waals surface area (Å²) >= 11 is 0. The number of carbonyl (C=O) groups excluding carboxylic acids is 1. The number of fused-ring (bicyclic) bond motifs is 1. The lowest BCUT2D eigenvalue weighted by atomic mass is 9.96. The van der Waals surface area contributed by atoms with Gasteiger partial charge in [0.25, 0.3) is 0 Å². The van der Waals surface area contributed by atoms with Crippen LogP contribution in [0, 0.1) is 0 Å². The molecule has 0 atom stereocenters. The van der Waals surface area contributed by atoms with Gasteiger partial charge in [-0.25, -0.2) is 9.97 Å². The maximum atomic E-state index is 10.7. The van der Waals surface area contributed by atoms with Gasteiger partial charge in [0.05, 0.1) is 6.54 Å². The highest BCUT2D eigenvalue weighted by Gasteiger charge is 2.15. The summed E-state index contributed by atoms with van der Waals surface area (Å²) in [5, 5.41) is 2.95. The van der Waals surface area contributed by atoms with E-state index < -0.39 is 0 Å². The van der Waals surface area contributed by atoms with Crippen LogP contribution >= 0.6 is 0 Å². The Morgan fingerprint density at radius 3 is 3.00 bits per heavy atom. The van der Waals surface area contributed by atoms with Crippen molar-refractivity contribution in [1.29, 1.82) is 0 Å². The minimum Gasteiger partial charge on any atom is -0.368 e. The number of aromatic nitrogens is 2. The van der Waals surface area contributed by atoms with Crippen molar-refractivity contribution >= 4 is 11.7 Å². The van der Waals surface area contributed by atoms with E-state index in [4.69, 9.17) is 5.73 Å². The summed E-state index contributed by atoms with van der Waals surface area (Å²) in [7, 11) is 0. The smallest absolute Gasteiger partial charge is 0.236 e. The number of rotatable bonds is 3. The van der Waals surface area contributed by atoms with Crippen molar-refractivity contribution in [1.82, 2.24) is 9.97 Å². The summed E-state index contributed by atoms with van der Waals surface area (Å²) in [6.45, 7) is 0.128. The normalized spacial score (nSPS) is 14.4. The molecule has 3 N–H and O–H groups in total. The third-order valence-electron chi connectivity index (χ3n) is 2.56. The van der Waals surface area contributed by atoms with Crippen LogP contribution in [0.2, 0.25) is 0 Å². The molecule has 1 aliphatic rings. The van der Waals surface area contributed by atoms with Gasteiger partial charge in [-0.15, -0.1) is 0 Å². The van der Waals surface area contributed by atoms with E-state index in [0.29, 0.717) is 0 Å². The maximum absolute atomic E-state index is 10.7. The van der Waals surface area contributed by atoms with Gasteiger partial charge in [-0.3, -0.25) is 4.79 Å². The van der Waals surface area contributed by atoms with Crippen molar-refractivity contribution in [2.75, 3.05) is 11.9 Å². The van der Waals surface area contributed by atoms with Crippen molar-refractivity contribution in [2.24, 2.45) is 5.73 Å². The van der Waals surface area contributed by atoms with Gasteiger partial charge >= 0.3 is 0 Å². The largest absolute Gasteiger partial charge is 0.368 e. The minimum absolute atomic E-state index is 0.128. The molecule has 0 aliphatic heterocycles. The summed E-state index contributed by atoms with van der Waals surface area (Å²) in [6.07, 6.45) is 5.86. The molecule has 0 aromatic carbocycles. The second kappa shape index (κ2) is 4.25. The lowest BCUT2D eigenvalue weighted by molar-refractivity contribution is -0.116. The fraction of sp³-hybridized carbons (Fsp3) is 0.500. The van der Waals surface area contributed by atoms with E-state index >= 15 is 0 Å². The molecule has 0 bridgehead atoms. The van der Waals surface area contributed by atoms with E-state index in [-0.39, 0.29) is 12.5 Å². The zero-order chi connectivity index (χ0) is 10.7. The summed E-state index contributed by atoms with van der Waals surface area (Å²) in [5.74, 6) is 0.386. The van der Waals surface area contributed by atoms with Gasteiger partial charge in [0, 0.05) is 11.3 Å². The van der Waals surface area contributed by atoms with Crippen LogP contribution in [0.1, 0.15) is 24.1 Å². The third-order valence-corrected chi connectivity index (χ3v) is 2.56. The lowest BCUT2D eigenvalue weighted by Crippen LogP contribution is -2.23. The quantitative estimate of drug-likeness (QED) is 0.743. The minimum atomic E-state index is -0.377. The highest BCUT2D eigenvalue weighted by Crippen LogP contribution is 2.23. The van der Waals surface area contributed by atoms with Crippen molar-refractivity contribution < 1.29 is 4.79 Å². The van der Waals surface area contributed by atoms with Crippen LogP contribution in [0.15, 0.2) is 6.33 Å². The van der Waals surface area contributed by atoms with Crippen LogP contribution in [0.5, 0.6) is 0 Å². The number of nitrogens with zero attached hydrogens (tertiary/aromatic N) is 2. The number of anilines is 1. The molecule has 2 rings (SSSR count). The van der Waals surface area contributed by atoms with Crippen LogP contribution < -0.4 is 11.1 Å². The molecule has 0 fully saturated rings. The van der Waals surface area contributed by atoms with Gasteiger partial charge in [0.15, 0.2) is 0 Å². The van der Waals surface area contributed by atoms with Crippen LogP contribution in [0.25, 0.3) is 0 Å². The molecule has 5 heteroatoms. The highest BCUT2D eigenvalue weighted by molar-refractivity contribution is 5.78. The number of hydrogen-bond donors (Lipinski definition) is 2. The predicted molar refractivity (Wildman–Crippen MR) is 56.4 cm³/mol. The molecule has 1 amide bonds. The molecule has 15 heavy (non-hydrogen) atoms. The van der Waals surface area contributed by atoms with E-state index in [9.17, 15) is 4.79 Å². The average molecular weight is 206 g/mol. The molecule has 1 heterocycles. The Morgan fingerprint density at radius 2 is 2.20 bits per heavy atom. The topological polar surface area (TPSA) is 80.9 Å². The number of carbonyl (C=O) groups is 1. The van der Waals surface area contributed by atoms with Crippen molar-refractivity contribution in [2.45, 2.75) is 25.7 Å². The average Bonchev–Trinajstić information content (AvgIpc) is 2.26. The number of primary amides is 1. The number of hydrogen-bond acceptors (Lipinski definition) is 4. The zero-order valence-corrected chi connectivity index (χ0v) is 8.49. The molecule has 5 nitrogen and oxygen atoms in total. The first kappa shape index (κ1) is 9.89. The summed E-state index contributed by atoms with van der Waals surface area (Å²) in [4.78, 5) is 19.0. The lowest BCUT2D eigenvalue weighted by Gasteiger charge is -2.17. The molecular formula is C10H14N4O. The third kappa shape index (κ3) is 2.23. The van der Waals surface area contributed by atoms with Gasteiger partial charge < -0.3 is 11.1 Å². The Hall–Kier alpha value is -1.65. The second-order valence-electron chi connectivity index (χ2n) is 3.67. The molecule has 1 aliphatic carbocycles.